The number of hydrogen-bond acceptors (Lipinski definition) is 5. The molecule has 0 aromatic heterocycles. The zero-order chi connectivity index (χ0) is 19.2. The number of rotatable bonds is 3. The Labute approximate surface area is 158 Å². The first-order chi connectivity index (χ1) is 12.9. The van der Waals surface area contributed by atoms with Crippen LogP contribution in [-0.4, -0.2) is 50.3 Å². The van der Waals surface area contributed by atoms with Crippen molar-refractivity contribution in [1.82, 2.24) is 9.62 Å². The second kappa shape index (κ2) is 6.79. The van der Waals surface area contributed by atoms with Gasteiger partial charge in [-0.3, -0.25) is 4.79 Å². The van der Waals surface area contributed by atoms with E-state index in [1.807, 2.05) is 0 Å². The Hall–Kier alpha value is -2.13. The molecule has 8 nitrogen and oxygen atoms in total. The number of nitrogens with two attached hydrogens (primary N) is 1. The Bertz CT molecular complexity index is 877. The lowest BCUT2D eigenvalue weighted by Gasteiger charge is -2.29. The highest BCUT2D eigenvalue weighted by molar-refractivity contribution is 7.89. The van der Waals surface area contributed by atoms with Crippen molar-refractivity contribution in [1.29, 1.82) is 0 Å². The third kappa shape index (κ3) is 3.19. The second-order valence-corrected chi connectivity index (χ2v) is 9.31. The van der Waals surface area contributed by atoms with Gasteiger partial charge in [0, 0.05) is 30.7 Å². The molecule has 0 radical (unpaired) electrons. The van der Waals surface area contributed by atoms with Crippen LogP contribution in [0.15, 0.2) is 23.1 Å². The maximum atomic E-state index is 12.9. The Kier molecular flexibility index (Phi) is 4.59. The van der Waals surface area contributed by atoms with E-state index in [4.69, 9.17) is 5.73 Å². The molecule has 1 aromatic carbocycles. The molecule has 0 unspecified atom stereocenters. The molecule has 3 amide bonds. The minimum atomic E-state index is -3.87. The monoisotopic (exact) mass is 392 g/mol. The normalized spacial score (nSPS) is 25.4. The highest BCUT2D eigenvalue weighted by Gasteiger charge is 2.36. The van der Waals surface area contributed by atoms with Crippen LogP contribution in [0.1, 0.15) is 31.2 Å². The number of benzene rings is 1. The third-order valence-electron chi connectivity index (χ3n) is 5.74. The fraction of sp³-hybridized carbons (Fsp3) is 0.556. The number of urea groups is 1. The first-order valence-corrected chi connectivity index (χ1v) is 10.8. The molecule has 0 bridgehead atoms. The van der Waals surface area contributed by atoms with Gasteiger partial charge in [0.25, 0.3) is 10.0 Å². The van der Waals surface area contributed by atoms with Crippen molar-refractivity contribution in [3.63, 3.8) is 0 Å². The standard InChI is InChI=1S/C18H24N4O4S/c19-14-3-1-12(2-4-14)17(23)21-9-7-13-11-15(5-6-16(13)21)27(25,26)22-10-8-20-18(22)24/h5-6,11-12,14H,1-4,7-10,19H2,(H,20,24). The molecule has 3 aliphatic rings. The van der Waals surface area contributed by atoms with Gasteiger partial charge in [0.05, 0.1) is 11.4 Å². The molecule has 0 spiro atoms. The van der Waals surface area contributed by atoms with Crippen LogP contribution >= 0.6 is 0 Å². The fourth-order valence-electron chi connectivity index (χ4n) is 4.16. The van der Waals surface area contributed by atoms with Crippen LogP contribution in [-0.2, 0) is 21.2 Å². The van der Waals surface area contributed by atoms with Crippen molar-refractivity contribution >= 4 is 27.6 Å². The third-order valence-corrected chi connectivity index (χ3v) is 7.52. The van der Waals surface area contributed by atoms with E-state index in [1.165, 1.54) is 6.07 Å². The second-order valence-electron chi connectivity index (χ2n) is 7.45. The highest BCUT2D eigenvalue weighted by atomic mass is 32.2. The van der Waals surface area contributed by atoms with Crippen molar-refractivity contribution in [3.8, 4) is 0 Å². The molecule has 1 aliphatic carbocycles. The smallest absolute Gasteiger partial charge is 0.331 e. The van der Waals surface area contributed by atoms with Gasteiger partial charge in [-0.1, -0.05) is 0 Å². The van der Waals surface area contributed by atoms with Crippen molar-refractivity contribution in [2.45, 2.75) is 43.0 Å². The molecule has 146 valence electrons. The molecule has 2 fully saturated rings. The molecule has 1 aromatic rings. The summed E-state index contributed by atoms with van der Waals surface area (Å²) >= 11 is 0. The Morgan fingerprint density at radius 3 is 2.56 bits per heavy atom. The van der Waals surface area contributed by atoms with Crippen LogP contribution in [0, 0.1) is 5.92 Å². The molecule has 2 heterocycles. The molecular formula is C18H24N4O4S. The molecule has 27 heavy (non-hydrogen) atoms. The summed E-state index contributed by atoms with van der Waals surface area (Å²) < 4.78 is 26.3. The quantitative estimate of drug-likeness (QED) is 0.790. The van der Waals surface area contributed by atoms with Gasteiger partial charge in [-0.2, -0.15) is 0 Å². The Morgan fingerprint density at radius 2 is 1.89 bits per heavy atom. The van der Waals surface area contributed by atoms with Crippen LogP contribution in [0.25, 0.3) is 0 Å². The summed E-state index contributed by atoms with van der Waals surface area (Å²) in [5, 5.41) is 2.51. The van der Waals surface area contributed by atoms with Gasteiger partial charge in [0.2, 0.25) is 5.91 Å². The number of carbonyl (C=O) groups is 2. The summed E-state index contributed by atoms with van der Waals surface area (Å²) in [6.45, 7) is 1.01. The zero-order valence-electron chi connectivity index (χ0n) is 15.1. The van der Waals surface area contributed by atoms with Crippen LogP contribution in [0.5, 0.6) is 0 Å². The average molecular weight is 392 g/mol. The lowest BCUT2D eigenvalue weighted by Crippen LogP contribution is -2.38. The van der Waals surface area contributed by atoms with Crippen LogP contribution < -0.4 is 16.0 Å². The number of nitrogens with zero attached hydrogens (tertiary/aromatic N) is 2. The Balaban J connectivity index is 1.56. The summed E-state index contributed by atoms with van der Waals surface area (Å²) in [6.07, 6.45) is 3.96. The van der Waals surface area contributed by atoms with E-state index in [0.717, 1.165) is 41.2 Å². The van der Waals surface area contributed by atoms with Gasteiger partial charge in [-0.25, -0.2) is 17.5 Å². The maximum absolute atomic E-state index is 12.9. The van der Waals surface area contributed by atoms with Crippen molar-refractivity contribution in [3.05, 3.63) is 23.8 Å². The van der Waals surface area contributed by atoms with E-state index in [-0.39, 0.29) is 29.3 Å². The predicted molar refractivity (Wildman–Crippen MR) is 99.7 cm³/mol. The van der Waals surface area contributed by atoms with Gasteiger partial charge >= 0.3 is 6.03 Å². The molecule has 1 saturated heterocycles. The number of anilines is 1. The number of amides is 3. The van der Waals surface area contributed by atoms with Gasteiger partial charge < -0.3 is 16.0 Å². The van der Waals surface area contributed by atoms with Crippen LogP contribution in [0.4, 0.5) is 10.5 Å². The van der Waals surface area contributed by atoms with E-state index < -0.39 is 16.1 Å². The SMILES string of the molecule is NC1CCC(C(=O)N2CCc3cc(S(=O)(=O)N4CCNC4=O)ccc32)CC1. The number of fused-ring (bicyclic) bond motifs is 1. The largest absolute Gasteiger partial charge is 0.335 e. The first-order valence-electron chi connectivity index (χ1n) is 9.38. The number of hydrogen-bond donors (Lipinski definition) is 2. The van der Waals surface area contributed by atoms with Gasteiger partial charge in [0.15, 0.2) is 0 Å². The van der Waals surface area contributed by atoms with Crippen molar-refractivity contribution in [2.75, 3.05) is 24.5 Å². The van der Waals surface area contributed by atoms with Crippen LogP contribution in [0.2, 0.25) is 0 Å². The lowest BCUT2D eigenvalue weighted by molar-refractivity contribution is -0.123. The summed E-state index contributed by atoms with van der Waals surface area (Å²) in [4.78, 5) is 26.5. The average Bonchev–Trinajstić information content (AvgIpc) is 3.27. The van der Waals surface area contributed by atoms with Crippen molar-refractivity contribution < 1.29 is 18.0 Å². The van der Waals surface area contributed by atoms with E-state index in [1.54, 1.807) is 17.0 Å². The van der Waals surface area contributed by atoms with E-state index in [9.17, 15) is 18.0 Å². The summed E-state index contributed by atoms with van der Waals surface area (Å²) in [5.74, 6) is 0.0997. The number of nitrogens with one attached hydrogen (secondary N) is 1. The molecule has 0 atom stereocenters. The number of sulfonamides is 1. The molecule has 2 aliphatic heterocycles. The molecule has 3 N–H and O–H groups in total. The Morgan fingerprint density at radius 1 is 1.15 bits per heavy atom. The summed E-state index contributed by atoms with van der Waals surface area (Å²) in [7, 11) is -3.87. The van der Waals surface area contributed by atoms with Crippen molar-refractivity contribution in [2.24, 2.45) is 11.7 Å². The lowest BCUT2D eigenvalue weighted by atomic mass is 9.85. The summed E-state index contributed by atoms with van der Waals surface area (Å²) in [5.41, 5.74) is 7.54. The molecule has 9 heteroatoms. The highest BCUT2D eigenvalue weighted by Crippen LogP contribution is 2.34. The van der Waals surface area contributed by atoms with Gasteiger partial charge in [-0.05, 0) is 55.9 Å². The minimum Gasteiger partial charge on any atom is -0.335 e. The summed E-state index contributed by atoms with van der Waals surface area (Å²) in [6, 6.07) is 4.37. The van der Waals surface area contributed by atoms with E-state index >= 15 is 0 Å². The maximum Gasteiger partial charge on any atom is 0.331 e. The molecular weight excluding hydrogens is 368 g/mol. The van der Waals surface area contributed by atoms with E-state index in [2.05, 4.69) is 5.32 Å². The topological polar surface area (TPSA) is 113 Å². The zero-order valence-corrected chi connectivity index (χ0v) is 15.9. The van der Waals surface area contributed by atoms with Gasteiger partial charge in [0.1, 0.15) is 0 Å². The predicted octanol–water partition coefficient (Wildman–Crippen LogP) is 0.807. The molecule has 1 saturated carbocycles. The minimum absolute atomic E-state index is 0.00699. The molecule has 4 rings (SSSR count). The van der Waals surface area contributed by atoms with E-state index in [0.29, 0.717) is 19.5 Å². The fourth-order valence-corrected chi connectivity index (χ4v) is 5.56. The van der Waals surface area contributed by atoms with Gasteiger partial charge in [-0.15, -0.1) is 0 Å². The van der Waals surface area contributed by atoms with Crippen LogP contribution in [0.3, 0.4) is 0 Å². The number of carbonyl (C=O) groups excluding carboxylic acids is 2. The first kappa shape index (κ1) is 18.2.